The molecule has 2 aromatic carbocycles. The van der Waals surface area contributed by atoms with Gasteiger partial charge < -0.3 is 15.1 Å². The third-order valence-corrected chi connectivity index (χ3v) is 6.20. The maximum atomic E-state index is 12.3. The highest BCUT2D eigenvalue weighted by Gasteiger charge is 2.27. The Hall–Kier alpha value is -3.17. The Kier molecular flexibility index (Phi) is 5.21. The van der Waals surface area contributed by atoms with E-state index in [4.69, 9.17) is 4.42 Å². The first-order valence-corrected chi connectivity index (χ1v) is 11.1. The average molecular weight is 435 g/mol. The first kappa shape index (κ1) is 19.8. The van der Waals surface area contributed by atoms with E-state index in [-0.39, 0.29) is 11.9 Å². The van der Waals surface area contributed by atoms with Gasteiger partial charge in [-0.05, 0) is 31.5 Å². The van der Waals surface area contributed by atoms with E-state index in [1.165, 1.54) is 11.8 Å². The number of hydrogen-bond acceptors (Lipinski definition) is 8. The second kappa shape index (κ2) is 8.16. The molecule has 3 heterocycles. The van der Waals surface area contributed by atoms with Crippen molar-refractivity contribution in [3.63, 3.8) is 0 Å². The molecule has 3 N–H and O–H groups in total. The molecule has 31 heavy (non-hydrogen) atoms. The maximum absolute atomic E-state index is 12.3. The number of rotatable bonds is 5. The Bertz CT molecular complexity index is 1240. The first-order chi connectivity index (χ1) is 15.0. The Morgan fingerprint density at radius 1 is 1.13 bits per heavy atom. The number of carbonyl (C=O) groups is 1. The van der Waals surface area contributed by atoms with Crippen molar-refractivity contribution in [2.24, 2.45) is 0 Å². The van der Waals surface area contributed by atoms with Gasteiger partial charge >= 0.3 is 0 Å². The summed E-state index contributed by atoms with van der Waals surface area (Å²) in [7, 11) is 0. The minimum absolute atomic E-state index is 0.0342. The fourth-order valence-corrected chi connectivity index (χ4v) is 4.56. The van der Waals surface area contributed by atoms with Gasteiger partial charge in [0, 0.05) is 23.6 Å². The van der Waals surface area contributed by atoms with E-state index in [2.05, 4.69) is 30.9 Å². The molecule has 2 aromatic heterocycles. The third-order valence-electron chi connectivity index (χ3n) is 5.21. The molecule has 9 heteroatoms. The molecule has 2 unspecified atom stereocenters. The Labute approximate surface area is 183 Å². The second-order valence-corrected chi connectivity index (χ2v) is 8.55. The average Bonchev–Trinajstić information content (AvgIpc) is 3.16. The number of carbonyl (C=O) groups excluding carboxylic acids is 1. The Morgan fingerprint density at radius 3 is 2.87 bits per heavy atom. The minimum Gasteiger partial charge on any atom is -0.431 e. The van der Waals surface area contributed by atoms with Gasteiger partial charge in [0.25, 0.3) is 5.22 Å². The molecule has 4 aromatic rings. The first-order valence-electron chi connectivity index (χ1n) is 10.1. The van der Waals surface area contributed by atoms with Gasteiger partial charge in [-0.3, -0.25) is 10.1 Å². The molecule has 1 fully saturated rings. The van der Waals surface area contributed by atoms with Crippen molar-refractivity contribution < 1.29 is 9.21 Å². The van der Waals surface area contributed by atoms with E-state index in [1.54, 1.807) is 0 Å². The highest BCUT2D eigenvalue weighted by atomic mass is 32.2. The lowest BCUT2D eigenvalue weighted by atomic mass is 10.1. The zero-order chi connectivity index (χ0) is 21.4. The molecule has 1 aliphatic heterocycles. The Balaban J connectivity index is 1.28. The largest absolute Gasteiger partial charge is 0.431 e. The monoisotopic (exact) mass is 434 g/mol. The van der Waals surface area contributed by atoms with Crippen LogP contribution in [0.1, 0.15) is 17.7 Å². The summed E-state index contributed by atoms with van der Waals surface area (Å²) in [6.07, 6.45) is -0.0846. The van der Waals surface area contributed by atoms with Crippen LogP contribution in [0.5, 0.6) is 0 Å². The van der Waals surface area contributed by atoms with Crippen molar-refractivity contribution in [3.8, 4) is 0 Å². The van der Waals surface area contributed by atoms with Gasteiger partial charge in [0.15, 0.2) is 11.9 Å². The van der Waals surface area contributed by atoms with Gasteiger partial charge in [-0.15, -0.1) is 0 Å². The fourth-order valence-electron chi connectivity index (χ4n) is 3.69. The summed E-state index contributed by atoms with van der Waals surface area (Å²) in [5.74, 6) is 1.09. The highest BCUT2D eigenvalue weighted by molar-refractivity contribution is 7.99. The Morgan fingerprint density at radius 2 is 2.00 bits per heavy atom. The van der Waals surface area contributed by atoms with Gasteiger partial charge in [0.05, 0.1) is 11.2 Å². The van der Waals surface area contributed by atoms with Crippen molar-refractivity contribution in [2.45, 2.75) is 37.8 Å². The lowest BCUT2D eigenvalue weighted by Crippen LogP contribution is -2.60. The molecule has 0 radical (unpaired) electrons. The van der Waals surface area contributed by atoms with Crippen LogP contribution in [0.25, 0.3) is 22.0 Å². The van der Waals surface area contributed by atoms with Crippen LogP contribution >= 0.6 is 11.8 Å². The van der Waals surface area contributed by atoms with Crippen LogP contribution in [0.2, 0.25) is 0 Å². The van der Waals surface area contributed by atoms with Gasteiger partial charge in [-0.2, -0.15) is 0 Å². The molecule has 1 aliphatic rings. The van der Waals surface area contributed by atoms with E-state index in [9.17, 15) is 4.79 Å². The summed E-state index contributed by atoms with van der Waals surface area (Å²) in [6, 6.07) is 13.7. The lowest BCUT2D eigenvalue weighted by Gasteiger charge is -2.31. The van der Waals surface area contributed by atoms with Crippen LogP contribution in [0.4, 0.5) is 5.95 Å². The summed E-state index contributed by atoms with van der Waals surface area (Å²) >= 11 is 1.49. The standard InChI is InChI=1S/C22H22N6O2S/c1-12-6-5-7-15-13(2)23-20(27-19(12)15)28-21-24-14(10-18(29)26-21)11-31-22-25-16-8-3-4-9-17(16)30-22/h3-9,14,21,24H,10-11H2,1-2H3,(H,26,29)(H,23,27,28). The predicted molar refractivity (Wildman–Crippen MR) is 121 cm³/mol. The van der Waals surface area contributed by atoms with Crippen LogP contribution in [0.15, 0.2) is 52.1 Å². The lowest BCUT2D eigenvalue weighted by molar-refractivity contribution is -0.123. The number of oxazole rings is 1. The minimum atomic E-state index is -0.462. The molecule has 158 valence electrons. The van der Waals surface area contributed by atoms with Crippen molar-refractivity contribution >= 4 is 45.6 Å². The van der Waals surface area contributed by atoms with Crippen LogP contribution in [-0.2, 0) is 4.79 Å². The smallest absolute Gasteiger partial charge is 0.256 e. The molecule has 0 saturated carbocycles. The molecular weight excluding hydrogens is 412 g/mol. The summed E-state index contributed by atoms with van der Waals surface area (Å²) in [5, 5.41) is 11.1. The summed E-state index contributed by atoms with van der Waals surface area (Å²) in [4.78, 5) is 26.0. The van der Waals surface area contributed by atoms with Gasteiger partial charge in [0.2, 0.25) is 11.9 Å². The van der Waals surface area contributed by atoms with Crippen molar-refractivity contribution in [1.82, 2.24) is 25.6 Å². The number of anilines is 1. The van der Waals surface area contributed by atoms with Gasteiger partial charge in [0.1, 0.15) is 5.52 Å². The van der Waals surface area contributed by atoms with E-state index >= 15 is 0 Å². The zero-order valence-electron chi connectivity index (χ0n) is 17.2. The number of benzene rings is 2. The number of thioether (sulfide) groups is 1. The van der Waals surface area contributed by atoms with E-state index in [1.807, 2.05) is 56.3 Å². The number of nitrogens with zero attached hydrogens (tertiary/aromatic N) is 3. The zero-order valence-corrected chi connectivity index (χ0v) is 18.0. The SMILES string of the molecule is Cc1nc(NC2NC(=O)CC(CSc3nc4ccccc4o3)N2)nc2c(C)cccc12. The quantitative estimate of drug-likeness (QED) is 0.411. The van der Waals surface area contributed by atoms with Crippen LogP contribution in [-0.4, -0.2) is 38.9 Å². The fraction of sp³-hybridized carbons (Fsp3) is 0.273. The number of hydrogen-bond donors (Lipinski definition) is 3. The molecule has 5 rings (SSSR count). The van der Waals surface area contributed by atoms with Crippen LogP contribution in [0.3, 0.4) is 0 Å². The van der Waals surface area contributed by atoms with Crippen LogP contribution < -0.4 is 16.0 Å². The number of aryl methyl sites for hydroxylation is 2. The molecule has 0 spiro atoms. The van der Waals surface area contributed by atoms with Crippen LogP contribution in [0, 0.1) is 13.8 Å². The molecule has 0 aliphatic carbocycles. The maximum Gasteiger partial charge on any atom is 0.256 e. The van der Waals surface area contributed by atoms with Crippen molar-refractivity contribution in [3.05, 3.63) is 53.7 Å². The molecule has 0 bridgehead atoms. The van der Waals surface area contributed by atoms with Gasteiger partial charge in [-0.25, -0.2) is 15.0 Å². The van der Waals surface area contributed by atoms with Crippen molar-refractivity contribution in [1.29, 1.82) is 0 Å². The van der Waals surface area contributed by atoms with E-state index in [0.29, 0.717) is 23.3 Å². The predicted octanol–water partition coefficient (Wildman–Crippen LogP) is 3.35. The number of aromatic nitrogens is 3. The van der Waals surface area contributed by atoms with Crippen molar-refractivity contribution in [2.75, 3.05) is 11.1 Å². The number of nitrogens with one attached hydrogen (secondary N) is 3. The second-order valence-electron chi connectivity index (χ2n) is 7.57. The molecule has 1 saturated heterocycles. The number of fused-ring (bicyclic) bond motifs is 2. The highest BCUT2D eigenvalue weighted by Crippen LogP contribution is 2.25. The van der Waals surface area contributed by atoms with Gasteiger partial charge in [-0.1, -0.05) is 42.1 Å². The van der Waals surface area contributed by atoms with E-state index < -0.39 is 6.29 Å². The molecular formula is C22H22N6O2S. The molecule has 2 atom stereocenters. The summed E-state index contributed by atoms with van der Waals surface area (Å²) in [6.45, 7) is 3.99. The molecule has 1 amide bonds. The third kappa shape index (κ3) is 4.19. The summed E-state index contributed by atoms with van der Waals surface area (Å²) in [5.41, 5.74) is 4.47. The van der Waals surface area contributed by atoms with E-state index in [0.717, 1.165) is 33.3 Å². The number of amides is 1. The number of para-hydroxylation sites is 3. The normalized spacial score (nSPS) is 19.0. The summed E-state index contributed by atoms with van der Waals surface area (Å²) < 4.78 is 5.76. The molecule has 8 nitrogen and oxygen atoms in total. The topological polar surface area (TPSA) is 105 Å².